The molecule has 92 valence electrons. The highest BCUT2D eigenvalue weighted by molar-refractivity contribution is 7.09. The minimum atomic E-state index is 0.243. The molecule has 6 heteroatoms. The molecule has 0 fully saturated rings. The summed E-state index contributed by atoms with van der Waals surface area (Å²) >= 11 is 1.66. The molecule has 0 aromatic carbocycles. The molecule has 1 atom stereocenters. The van der Waals surface area contributed by atoms with Crippen molar-refractivity contribution in [2.24, 2.45) is 0 Å². The molecule has 1 unspecified atom stereocenters. The van der Waals surface area contributed by atoms with Crippen molar-refractivity contribution in [2.75, 3.05) is 0 Å². The predicted molar refractivity (Wildman–Crippen MR) is 67.8 cm³/mol. The van der Waals surface area contributed by atoms with Crippen molar-refractivity contribution >= 4 is 11.3 Å². The molecule has 0 aliphatic carbocycles. The van der Waals surface area contributed by atoms with E-state index in [1.54, 1.807) is 17.7 Å². The summed E-state index contributed by atoms with van der Waals surface area (Å²) in [5.74, 6) is 0.961. The van der Waals surface area contributed by atoms with Gasteiger partial charge in [-0.05, 0) is 20.8 Å². The summed E-state index contributed by atoms with van der Waals surface area (Å²) in [5.41, 5.74) is 0. The fourth-order valence-electron chi connectivity index (χ4n) is 1.61. The number of thiazole rings is 1. The van der Waals surface area contributed by atoms with Crippen molar-refractivity contribution in [1.82, 2.24) is 25.1 Å². The van der Waals surface area contributed by atoms with Crippen molar-refractivity contribution in [2.45, 2.75) is 39.4 Å². The van der Waals surface area contributed by atoms with Gasteiger partial charge < -0.3 is 5.32 Å². The van der Waals surface area contributed by atoms with Crippen LogP contribution in [0.3, 0.4) is 0 Å². The molecule has 0 radical (unpaired) electrons. The second-order valence-electron chi connectivity index (χ2n) is 4.19. The second-order valence-corrected chi connectivity index (χ2v) is 5.11. The van der Waals surface area contributed by atoms with Gasteiger partial charge in [-0.25, -0.2) is 14.6 Å². The average Bonchev–Trinajstić information content (AvgIpc) is 2.96. The number of nitrogens with one attached hydrogen (secondary N) is 1. The molecule has 0 aliphatic heterocycles. The summed E-state index contributed by atoms with van der Waals surface area (Å²) in [5, 5.41) is 10.7. The highest BCUT2D eigenvalue weighted by atomic mass is 32.1. The van der Waals surface area contributed by atoms with Crippen molar-refractivity contribution in [1.29, 1.82) is 0 Å². The Morgan fingerprint density at radius 3 is 2.82 bits per heavy atom. The molecule has 2 heterocycles. The van der Waals surface area contributed by atoms with Crippen LogP contribution in [0.1, 0.15) is 43.7 Å². The SMILES string of the molecule is CC(NCc1ncnn1C(C)C)c1nccs1. The zero-order chi connectivity index (χ0) is 12.3. The van der Waals surface area contributed by atoms with Gasteiger partial charge in [-0.1, -0.05) is 0 Å². The molecule has 0 spiro atoms. The number of rotatable bonds is 5. The molecule has 0 bridgehead atoms. The van der Waals surface area contributed by atoms with Gasteiger partial charge in [-0.2, -0.15) is 5.10 Å². The van der Waals surface area contributed by atoms with E-state index in [0.717, 1.165) is 10.8 Å². The van der Waals surface area contributed by atoms with E-state index >= 15 is 0 Å². The van der Waals surface area contributed by atoms with Gasteiger partial charge in [-0.3, -0.25) is 0 Å². The fourth-order valence-corrected chi connectivity index (χ4v) is 2.28. The predicted octanol–water partition coefficient (Wildman–Crippen LogP) is 2.17. The molecule has 17 heavy (non-hydrogen) atoms. The largest absolute Gasteiger partial charge is 0.301 e. The summed E-state index contributed by atoms with van der Waals surface area (Å²) < 4.78 is 1.93. The average molecular weight is 251 g/mol. The second kappa shape index (κ2) is 5.37. The van der Waals surface area contributed by atoms with Gasteiger partial charge in [0.1, 0.15) is 17.2 Å². The van der Waals surface area contributed by atoms with E-state index in [0.29, 0.717) is 12.6 Å². The lowest BCUT2D eigenvalue weighted by molar-refractivity contribution is 0.473. The van der Waals surface area contributed by atoms with E-state index in [-0.39, 0.29) is 6.04 Å². The first kappa shape index (κ1) is 12.2. The first-order chi connectivity index (χ1) is 8.18. The molecule has 2 aromatic heterocycles. The van der Waals surface area contributed by atoms with Crippen LogP contribution < -0.4 is 5.32 Å². The van der Waals surface area contributed by atoms with E-state index in [9.17, 15) is 0 Å². The third-order valence-electron chi connectivity index (χ3n) is 2.52. The molecule has 2 aromatic rings. The van der Waals surface area contributed by atoms with Gasteiger partial charge >= 0.3 is 0 Å². The Morgan fingerprint density at radius 1 is 1.35 bits per heavy atom. The lowest BCUT2D eigenvalue weighted by Crippen LogP contribution is -2.21. The molecule has 0 saturated heterocycles. The van der Waals surface area contributed by atoms with Crippen LogP contribution in [0.4, 0.5) is 0 Å². The smallest absolute Gasteiger partial charge is 0.141 e. The Balaban J connectivity index is 1.96. The highest BCUT2D eigenvalue weighted by Crippen LogP contribution is 2.15. The van der Waals surface area contributed by atoms with Crippen molar-refractivity contribution in [3.63, 3.8) is 0 Å². The third kappa shape index (κ3) is 2.89. The molecule has 5 nitrogen and oxygen atoms in total. The van der Waals surface area contributed by atoms with Gasteiger partial charge in [0, 0.05) is 17.6 Å². The standard InChI is InChI=1S/C11H17N5S/c1-8(2)16-10(14-7-15-16)6-13-9(3)11-12-4-5-17-11/h4-5,7-9,13H,6H2,1-3H3. The monoisotopic (exact) mass is 251 g/mol. The Morgan fingerprint density at radius 2 is 2.18 bits per heavy atom. The Bertz CT molecular complexity index is 448. The maximum atomic E-state index is 4.29. The zero-order valence-corrected chi connectivity index (χ0v) is 11.1. The fraction of sp³-hybridized carbons (Fsp3) is 0.545. The van der Waals surface area contributed by atoms with E-state index in [4.69, 9.17) is 0 Å². The van der Waals surface area contributed by atoms with Gasteiger partial charge in [0.2, 0.25) is 0 Å². The normalized spacial score (nSPS) is 13.2. The number of hydrogen-bond acceptors (Lipinski definition) is 5. The van der Waals surface area contributed by atoms with E-state index in [1.165, 1.54) is 0 Å². The number of aromatic nitrogens is 4. The Hall–Kier alpha value is -1.27. The van der Waals surface area contributed by atoms with E-state index in [2.05, 4.69) is 41.2 Å². The van der Waals surface area contributed by atoms with Crippen molar-refractivity contribution < 1.29 is 0 Å². The molecule has 1 N–H and O–H groups in total. The van der Waals surface area contributed by atoms with Crippen LogP contribution in [-0.4, -0.2) is 19.7 Å². The topological polar surface area (TPSA) is 55.6 Å². The van der Waals surface area contributed by atoms with Gasteiger partial charge in [0.05, 0.1) is 12.6 Å². The molecule has 0 aliphatic rings. The van der Waals surface area contributed by atoms with Crippen molar-refractivity contribution in [3.05, 3.63) is 28.7 Å². The van der Waals surface area contributed by atoms with Gasteiger partial charge in [-0.15, -0.1) is 11.3 Å². The number of hydrogen-bond donors (Lipinski definition) is 1. The maximum absolute atomic E-state index is 4.29. The quantitative estimate of drug-likeness (QED) is 0.884. The van der Waals surface area contributed by atoms with E-state index < -0.39 is 0 Å². The third-order valence-corrected chi connectivity index (χ3v) is 3.48. The first-order valence-electron chi connectivity index (χ1n) is 5.69. The summed E-state index contributed by atoms with van der Waals surface area (Å²) in [7, 11) is 0. The maximum Gasteiger partial charge on any atom is 0.141 e. The van der Waals surface area contributed by atoms with Crippen LogP contribution in [0, 0.1) is 0 Å². The van der Waals surface area contributed by atoms with E-state index in [1.807, 2.05) is 16.3 Å². The highest BCUT2D eigenvalue weighted by Gasteiger charge is 2.11. The summed E-state index contributed by atoms with van der Waals surface area (Å²) in [4.78, 5) is 8.55. The Labute approximate surface area is 105 Å². The Kier molecular flexibility index (Phi) is 3.86. The number of nitrogens with zero attached hydrogens (tertiary/aromatic N) is 4. The molecule has 0 saturated carbocycles. The molecular formula is C11H17N5S. The van der Waals surface area contributed by atoms with Crippen LogP contribution in [-0.2, 0) is 6.54 Å². The summed E-state index contributed by atoms with van der Waals surface area (Å²) in [6, 6.07) is 0.580. The van der Waals surface area contributed by atoms with Crippen LogP contribution >= 0.6 is 11.3 Å². The van der Waals surface area contributed by atoms with Crippen LogP contribution in [0.2, 0.25) is 0 Å². The first-order valence-corrected chi connectivity index (χ1v) is 6.57. The minimum absolute atomic E-state index is 0.243. The zero-order valence-electron chi connectivity index (χ0n) is 10.3. The van der Waals surface area contributed by atoms with Crippen molar-refractivity contribution in [3.8, 4) is 0 Å². The molecular weight excluding hydrogens is 234 g/mol. The van der Waals surface area contributed by atoms with Crippen LogP contribution in [0.25, 0.3) is 0 Å². The van der Waals surface area contributed by atoms with Gasteiger partial charge in [0.25, 0.3) is 0 Å². The van der Waals surface area contributed by atoms with Gasteiger partial charge in [0.15, 0.2) is 0 Å². The summed E-state index contributed by atoms with van der Waals surface area (Å²) in [6.45, 7) is 7.01. The van der Waals surface area contributed by atoms with Crippen LogP contribution in [0.5, 0.6) is 0 Å². The molecule has 0 amide bonds. The van der Waals surface area contributed by atoms with Crippen LogP contribution in [0.15, 0.2) is 17.9 Å². The molecule has 2 rings (SSSR count). The lowest BCUT2D eigenvalue weighted by atomic mass is 10.3. The minimum Gasteiger partial charge on any atom is -0.301 e. The lowest BCUT2D eigenvalue weighted by Gasteiger charge is -2.13. The summed E-state index contributed by atoms with van der Waals surface area (Å²) in [6.07, 6.45) is 3.43.